The lowest BCUT2D eigenvalue weighted by atomic mass is 9.94. The number of hydrogen-bond donors (Lipinski definition) is 1. The predicted octanol–water partition coefficient (Wildman–Crippen LogP) is 1.27. The van der Waals surface area contributed by atoms with Crippen LogP contribution in [0.2, 0.25) is 0 Å². The molecule has 3 amide bonds. The van der Waals surface area contributed by atoms with Gasteiger partial charge in [0.05, 0.1) is 13.1 Å². The van der Waals surface area contributed by atoms with Crippen molar-refractivity contribution in [1.29, 1.82) is 0 Å². The molecular formula is C19H23N3O4. The molecule has 138 valence electrons. The molecule has 4 rings (SSSR count). The van der Waals surface area contributed by atoms with Crippen molar-refractivity contribution in [2.24, 2.45) is 5.92 Å². The summed E-state index contributed by atoms with van der Waals surface area (Å²) < 4.78 is 5.31. The van der Waals surface area contributed by atoms with Gasteiger partial charge in [0.25, 0.3) is 0 Å². The number of hydrogen-bond acceptors (Lipinski definition) is 4. The Morgan fingerprint density at radius 2 is 1.96 bits per heavy atom. The van der Waals surface area contributed by atoms with Crippen LogP contribution in [0.25, 0.3) is 0 Å². The third-order valence-electron chi connectivity index (χ3n) is 5.80. The fourth-order valence-electron chi connectivity index (χ4n) is 4.24. The summed E-state index contributed by atoms with van der Waals surface area (Å²) >= 11 is 0. The Kier molecular flexibility index (Phi) is 3.89. The molecule has 0 aromatic heterocycles. The summed E-state index contributed by atoms with van der Waals surface area (Å²) in [6, 6.07) is 8.01. The summed E-state index contributed by atoms with van der Waals surface area (Å²) in [6.07, 6.45) is 0.399. The number of nitrogens with one attached hydrogen (secondary N) is 1. The molecule has 1 aliphatic carbocycles. The van der Waals surface area contributed by atoms with E-state index in [1.807, 2.05) is 17.0 Å². The van der Waals surface area contributed by atoms with Crippen molar-refractivity contribution in [2.45, 2.75) is 31.8 Å². The van der Waals surface area contributed by atoms with Crippen molar-refractivity contribution in [3.63, 3.8) is 0 Å². The second kappa shape index (κ2) is 6.00. The quantitative estimate of drug-likeness (QED) is 0.880. The van der Waals surface area contributed by atoms with Gasteiger partial charge in [-0.05, 0) is 30.0 Å². The highest BCUT2D eigenvalue weighted by atomic mass is 16.6. The fourth-order valence-corrected chi connectivity index (χ4v) is 4.24. The van der Waals surface area contributed by atoms with Crippen molar-refractivity contribution in [2.75, 3.05) is 31.1 Å². The minimum absolute atomic E-state index is 0.101. The zero-order valence-electron chi connectivity index (χ0n) is 15.0. The molecule has 0 radical (unpaired) electrons. The van der Waals surface area contributed by atoms with Gasteiger partial charge >= 0.3 is 6.09 Å². The summed E-state index contributed by atoms with van der Waals surface area (Å²) in [5.74, 6) is 0.549. The molecule has 0 bridgehead atoms. The number of anilines is 1. The first-order valence-electron chi connectivity index (χ1n) is 8.98. The predicted molar refractivity (Wildman–Crippen MR) is 94.8 cm³/mol. The minimum atomic E-state index is -0.390. The van der Waals surface area contributed by atoms with Crippen LogP contribution in [0.1, 0.15) is 25.8 Å². The molecule has 2 heterocycles. The third kappa shape index (κ3) is 2.81. The number of cyclic esters (lactones) is 1. The number of ether oxygens (including phenoxy) is 1. The van der Waals surface area contributed by atoms with Crippen molar-refractivity contribution in [3.8, 4) is 0 Å². The molecule has 0 spiro atoms. The van der Waals surface area contributed by atoms with Crippen LogP contribution >= 0.6 is 0 Å². The van der Waals surface area contributed by atoms with Crippen molar-refractivity contribution >= 4 is 23.6 Å². The topological polar surface area (TPSA) is 79.0 Å². The summed E-state index contributed by atoms with van der Waals surface area (Å²) in [4.78, 5) is 38.2. The lowest BCUT2D eigenvalue weighted by Gasteiger charge is -2.20. The van der Waals surface area contributed by atoms with Gasteiger partial charge in [0.2, 0.25) is 11.8 Å². The monoisotopic (exact) mass is 357 g/mol. The van der Waals surface area contributed by atoms with Crippen LogP contribution in [0.5, 0.6) is 0 Å². The zero-order chi connectivity index (χ0) is 18.5. The number of amides is 3. The maximum atomic E-state index is 12.1. The van der Waals surface area contributed by atoms with Crippen LogP contribution < -0.4 is 10.2 Å². The lowest BCUT2D eigenvalue weighted by molar-refractivity contribution is -0.128. The molecule has 7 nitrogen and oxygen atoms in total. The van der Waals surface area contributed by atoms with Gasteiger partial charge < -0.3 is 15.0 Å². The second-order valence-electron chi connectivity index (χ2n) is 7.56. The van der Waals surface area contributed by atoms with E-state index in [9.17, 15) is 14.4 Å². The van der Waals surface area contributed by atoms with Crippen LogP contribution in [-0.2, 0) is 19.7 Å². The minimum Gasteiger partial charge on any atom is -0.442 e. The Hall–Kier alpha value is -2.57. The van der Waals surface area contributed by atoms with E-state index < -0.39 is 0 Å². The molecule has 3 atom stereocenters. The highest BCUT2D eigenvalue weighted by Gasteiger charge is 2.61. The molecule has 1 N–H and O–H groups in total. The van der Waals surface area contributed by atoms with Crippen LogP contribution in [-0.4, -0.2) is 55.1 Å². The molecule has 2 aliphatic heterocycles. The van der Waals surface area contributed by atoms with Crippen LogP contribution in [0.4, 0.5) is 10.5 Å². The number of carbonyl (C=O) groups excluding carboxylic acids is 3. The number of benzene rings is 1. The van der Waals surface area contributed by atoms with Gasteiger partial charge in [-0.2, -0.15) is 0 Å². The Balaban J connectivity index is 1.43. The van der Waals surface area contributed by atoms with Gasteiger partial charge in [0.15, 0.2) is 0 Å². The number of piperidine rings is 1. The highest BCUT2D eigenvalue weighted by Crippen LogP contribution is 2.59. The summed E-state index contributed by atoms with van der Waals surface area (Å²) in [5, 5.41) is 2.67. The van der Waals surface area contributed by atoms with E-state index in [-0.39, 0.29) is 29.4 Å². The Labute approximate surface area is 152 Å². The van der Waals surface area contributed by atoms with E-state index >= 15 is 0 Å². The molecule has 2 saturated heterocycles. The van der Waals surface area contributed by atoms with Crippen LogP contribution in [0.3, 0.4) is 0 Å². The van der Waals surface area contributed by atoms with Gasteiger partial charge in [-0.15, -0.1) is 0 Å². The smallest absolute Gasteiger partial charge is 0.414 e. The van der Waals surface area contributed by atoms with E-state index in [0.29, 0.717) is 19.0 Å². The van der Waals surface area contributed by atoms with Gasteiger partial charge in [-0.1, -0.05) is 12.1 Å². The first-order chi connectivity index (χ1) is 12.4. The van der Waals surface area contributed by atoms with E-state index in [1.54, 1.807) is 11.8 Å². The SMILES string of the molecule is CC(=O)NC[C@H]1CN(c2ccc([C@@]34C[C@@H]3CN(C(C)=O)C4)cc2)C(=O)O1. The molecule has 3 aliphatic rings. The highest BCUT2D eigenvalue weighted by molar-refractivity contribution is 5.89. The van der Waals surface area contributed by atoms with E-state index in [2.05, 4.69) is 17.4 Å². The molecule has 1 aromatic rings. The largest absolute Gasteiger partial charge is 0.442 e. The average molecular weight is 357 g/mol. The number of likely N-dealkylation sites (tertiary alicyclic amines) is 1. The van der Waals surface area contributed by atoms with Gasteiger partial charge in [0, 0.05) is 38.0 Å². The number of carbonyl (C=O) groups is 3. The van der Waals surface area contributed by atoms with Crippen molar-refractivity contribution in [1.82, 2.24) is 10.2 Å². The van der Waals surface area contributed by atoms with E-state index in [1.165, 1.54) is 12.5 Å². The zero-order valence-corrected chi connectivity index (χ0v) is 15.0. The molecule has 3 fully saturated rings. The van der Waals surface area contributed by atoms with Crippen molar-refractivity contribution < 1.29 is 19.1 Å². The molecule has 1 aromatic carbocycles. The number of nitrogens with zero attached hydrogens (tertiary/aromatic N) is 2. The van der Waals surface area contributed by atoms with Gasteiger partial charge in [-0.3, -0.25) is 14.5 Å². The van der Waals surface area contributed by atoms with Crippen LogP contribution in [0.15, 0.2) is 24.3 Å². The molecule has 0 unspecified atom stereocenters. The Morgan fingerprint density at radius 3 is 2.58 bits per heavy atom. The van der Waals surface area contributed by atoms with E-state index in [0.717, 1.165) is 25.2 Å². The molecule has 26 heavy (non-hydrogen) atoms. The van der Waals surface area contributed by atoms with Crippen LogP contribution in [0, 0.1) is 5.92 Å². The average Bonchev–Trinajstić information content (AvgIpc) is 2.98. The standard InChI is InChI=1S/C19H23N3O4/c1-12(23)20-8-17-10-22(18(25)26-17)16-5-3-14(4-6-16)19-7-15(19)9-21(11-19)13(2)24/h3-6,15,17H,7-11H2,1-2H3,(H,20,23)/t15-,17+,19+/m1/s1. The van der Waals surface area contributed by atoms with Crippen molar-refractivity contribution in [3.05, 3.63) is 29.8 Å². The Morgan fingerprint density at radius 1 is 1.23 bits per heavy atom. The maximum absolute atomic E-state index is 12.1. The normalized spacial score (nSPS) is 29.4. The molecule has 1 saturated carbocycles. The summed E-state index contributed by atoms with van der Waals surface area (Å²) in [7, 11) is 0. The third-order valence-corrected chi connectivity index (χ3v) is 5.80. The summed E-state index contributed by atoms with van der Waals surface area (Å²) in [5.41, 5.74) is 2.13. The first kappa shape index (κ1) is 16.9. The van der Waals surface area contributed by atoms with Gasteiger partial charge in [-0.25, -0.2) is 4.79 Å². The summed E-state index contributed by atoms with van der Waals surface area (Å²) in [6.45, 7) is 5.44. The maximum Gasteiger partial charge on any atom is 0.414 e. The molecule has 7 heteroatoms. The molecular weight excluding hydrogens is 334 g/mol. The second-order valence-corrected chi connectivity index (χ2v) is 7.56. The van der Waals surface area contributed by atoms with E-state index in [4.69, 9.17) is 4.74 Å². The first-order valence-corrected chi connectivity index (χ1v) is 8.98. The number of fused-ring (bicyclic) bond motifs is 1. The number of rotatable bonds is 4. The van der Waals surface area contributed by atoms with Gasteiger partial charge in [0.1, 0.15) is 6.10 Å². The lowest BCUT2D eigenvalue weighted by Crippen LogP contribution is -2.33. The Bertz CT molecular complexity index is 763. The fraction of sp³-hybridized carbons (Fsp3) is 0.526.